The maximum absolute atomic E-state index is 12.3. The lowest BCUT2D eigenvalue weighted by atomic mass is 9.84. The van der Waals surface area contributed by atoms with Gasteiger partial charge in [-0.15, -0.1) is 0 Å². The van der Waals surface area contributed by atoms with Crippen molar-refractivity contribution in [3.05, 3.63) is 24.0 Å². The third-order valence-corrected chi connectivity index (χ3v) is 6.37. The van der Waals surface area contributed by atoms with Crippen molar-refractivity contribution in [1.82, 2.24) is 20.5 Å². The minimum atomic E-state index is -0.491. The molecule has 0 radical (unpaired) electrons. The van der Waals surface area contributed by atoms with Crippen LogP contribution in [0.5, 0.6) is 5.75 Å². The summed E-state index contributed by atoms with van der Waals surface area (Å²) in [5.74, 6) is 1.16. The summed E-state index contributed by atoms with van der Waals surface area (Å²) in [5, 5.41) is 5.91. The fourth-order valence-corrected chi connectivity index (χ4v) is 4.71. The van der Waals surface area contributed by atoms with Crippen molar-refractivity contribution in [2.75, 3.05) is 26.7 Å². The van der Waals surface area contributed by atoms with Gasteiger partial charge in [0.25, 0.3) is 0 Å². The Morgan fingerprint density at radius 2 is 1.91 bits per heavy atom. The van der Waals surface area contributed by atoms with Crippen molar-refractivity contribution in [3.63, 3.8) is 0 Å². The van der Waals surface area contributed by atoms with Crippen LogP contribution in [0.2, 0.25) is 0 Å². The molecule has 1 aliphatic heterocycles. The second-order valence-corrected chi connectivity index (χ2v) is 10.4. The van der Waals surface area contributed by atoms with Gasteiger partial charge in [0, 0.05) is 24.7 Å². The second-order valence-electron chi connectivity index (χ2n) is 10.4. The SMILES string of the molecule is CN1CCCC1c1cncc(OCCNC(=O)CC2CCC(NC(=O)OC(C)(C)C)CC2)c1. The van der Waals surface area contributed by atoms with Crippen molar-refractivity contribution < 1.29 is 19.1 Å². The third kappa shape index (κ3) is 8.50. The molecule has 1 saturated heterocycles. The van der Waals surface area contributed by atoms with Crippen molar-refractivity contribution in [2.45, 2.75) is 83.4 Å². The molecule has 2 heterocycles. The highest BCUT2D eigenvalue weighted by Gasteiger charge is 2.26. The molecule has 8 heteroatoms. The van der Waals surface area contributed by atoms with E-state index in [-0.39, 0.29) is 18.0 Å². The molecule has 1 aliphatic carbocycles. The van der Waals surface area contributed by atoms with Crippen LogP contribution in [-0.4, -0.2) is 60.3 Å². The summed E-state index contributed by atoms with van der Waals surface area (Å²) in [4.78, 5) is 30.9. The first kappa shape index (κ1) is 25.3. The molecule has 2 N–H and O–H groups in total. The number of hydrogen-bond acceptors (Lipinski definition) is 6. The standard InChI is InChI=1S/C25H40N4O4/c1-25(2,3)33-24(31)28-20-9-7-18(8-10-20)14-23(30)27-11-13-32-21-15-19(16-26-17-21)22-6-5-12-29(22)4/h15-18,20,22H,5-14H2,1-4H3,(H,27,30)(H,28,31). The summed E-state index contributed by atoms with van der Waals surface area (Å²) in [6.07, 6.45) is 9.76. The smallest absolute Gasteiger partial charge is 0.407 e. The lowest BCUT2D eigenvalue weighted by Crippen LogP contribution is -2.41. The number of pyridine rings is 1. The zero-order chi connectivity index (χ0) is 23.8. The van der Waals surface area contributed by atoms with E-state index in [2.05, 4.69) is 33.6 Å². The molecule has 1 saturated carbocycles. The Morgan fingerprint density at radius 1 is 1.15 bits per heavy atom. The maximum Gasteiger partial charge on any atom is 0.407 e. The molecule has 33 heavy (non-hydrogen) atoms. The van der Waals surface area contributed by atoms with Gasteiger partial charge in [-0.3, -0.25) is 14.7 Å². The number of nitrogens with zero attached hydrogens (tertiary/aromatic N) is 2. The number of carbonyl (C=O) groups is 2. The van der Waals surface area contributed by atoms with Crippen molar-refractivity contribution in [3.8, 4) is 5.75 Å². The monoisotopic (exact) mass is 460 g/mol. The van der Waals surface area contributed by atoms with Crippen LogP contribution >= 0.6 is 0 Å². The largest absolute Gasteiger partial charge is 0.490 e. The quantitative estimate of drug-likeness (QED) is 0.573. The molecule has 0 bridgehead atoms. The Balaban J connectivity index is 1.30. The normalized spacial score (nSPS) is 23.7. The van der Waals surface area contributed by atoms with Crippen LogP contribution in [0.3, 0.4) is 0 Å². The number of alkyl carbamates (subject to hydrolysis) is 1. The highest BCUT2D eigenvalue weighted by atomic mass is 16.6. The minimum Gasteiger partial charge on any atom is -0.490 e. The van der Waals surface area contributed by atoms with Gasteiger partial charge >= 0.3 is 6.09 Å². The van der Waals surface area contributed by atoms with E-state index in [0.29, 0.717) is 31.5 Å². The van der Waals surface area contributed by atoms with Crippen LogP contribution in [0.25, 0.3) is 0 Å². The summed E-state index contributed by atoms with van der Waals surface area (Å²) >= 11 is 0. The Bertz CT molecular complexity index is 787. The molecule has 0 spiro atoms. The van der Waals surface area contributed by atoms with Crippen LogP contribution in [0.1, 0.15) is 77.3 Å². The van der Waals surface area contributed by atoms with Crippen LogP contribution in [0.15, 0.2) is 18.5 Å². The summed E-state index contributed by atoms with van der Waals surface area (Å²) in [6, 6.07) is 2.60. The summed E-state index contributed by atoms with van der Waals surface area (Å²) in [7, 11) is 2.14. The van der Waals surface area contributed by atoms with Crippen molar-refractivity contribution >= 4 is 12.0 Å². The fraction of sp³-hybridized carbons (Fsp3) is 0.720. The number of aromatic nitrogens is 1. The molecule has 3 rings (SSSR count). The molecular formula is C25H40N4O4. The number of amides is 2. The van der Waals surface area contributed by atoms with E-state index in [4.69, 9.17) is 9.47 Å². The lowest BCUT2D eigenvalue weighted by molar-refractivity contribution is -0.122. The molecule has 1 unspecified atom stereocenters. The second kappa shape index (κ2) is 11.7. The first-order valence-corrected chi connectivity index (χ1v) is 12.2. The van der Waals surface area contributed by atoms with Crippen LogP contribution < -0.4 is 15.4 Å². The maximum atomic E-state index is 12.3. The number of ether oxygens (including phenoxy) is 2. The van der Waals surface area contributed by atoms with E-state index in [1.807, 2.05) is 27.0 Å². The Kier molecular flexibility index (Phi) is 8.95. The van der Waals surface area contributed by atoms with Crippen LogP contribution in [-0.2, 0) is 9.53 Å². The van der Waals surface area contributed by atoms with Gasteiger partial charge in [0.1, 0.15) is 18.0 Å². The zero-order valence-electron chi connectivity index (χ0n) is 20.6. The summed E-state index contributed by atoms with van der Waals surface area (Å²) < 4.78 is 11.1. The number of carbonyl (C=O) groups excluding carboxylic acids is 2. The van der Waals surface area contributed by atoms with E-state index in [1.165, 1.54) is 12.0 Å². The van der Waals surface area contributed by atoms with Crippen molar-refractivity contribution in [1.29, 1.82) is 0 Å². The Labute approximate surface area is 197 Å². The van der Waals surface area contributed by atoms with E-state index in [1.54, 1.807) is 6.20 Å². The number of nitrogens with one attached hydrogen (secondary N) is 2. The zero-order valence-corrected chi connectivity index (χ0v) is 20.6. The molecule has 184 valence electrons. The molecular weight excluding hydrogens is 420 g/mol. The molecule has 1 aromatic heterocycles. The topological polar surface area (TPSA) is 92.8 Å². The first-order chi connectivity index (χ1) is 15.7. The Morgan fingerprint density at radius 3 is 2.58 bits per heavy atom. The number of likely N-dealkylation sites (tertiary alicyclic amines) is 1. The lowest BCUT2D eigenvalue weighted by Gasteiger charge is -2.29. The molecule has 1 aromatic rings. The average molecular weight is 461 g/mol. The third-order valence-electron chi connectivity index (χ3n) is 6.37. The van der Waals surface area contributed by atoms with Gasteiger partial charge in [-0.25, -0.2) is 4.79 Å². The highest BCUT2D eigenvalue weighted by Crippen LogP contribution is 2.31. The number of hydrogen-bond donors (Lipinski definition) is 2. The summed E-state index contributed by atoms with van der Waals surface area (Å²) in [5.41, 5.74) is 0.697. The molecule has 2 fully saturated rings. The van der Waals surface area contributed by atoms with E-state index < -0.39 is 5.60 Å². The van der Waals surface area contributed by atoms with E-state index >= 15 is 0 Å². The van der Waals surface area contributed by atoms with Gasteiger partial charge in [-0.05, 0) is 90.4 Å². The predicted molar refractivity (Wildman–Crippen MR) is 127 cm³/mol. The minimum absolute atomic E-state index is 0.0570. The highest BCUT2D eigenvalue weighted by molar-refractivity contribution is 5.76. The fourth-order valence-electron chi connectivity index (χ4n) is 4.71. The van der Waals surface area contributed by atoms with Crippen molar-refractivity contribution in [2.24, 2.45) is 5.92 Å². The average Bonchev–Trinajstić information content (AvgIpc) is 3.17. The van der Waals surface area contributed by atoms with Crippen LogP contribution in [0, 0.1) is 5.92 Å². The summed E-state index contributed by atoms with van der Waals surface area (Å²) in [6.45, 7) is 7.58. The van der Waals surface area contributed by atoms with Gasteiger partial charge in [0.15, 0.2) is 0 Å². The molecule has 8 nitrogen and oxygen atoms in total. The van der Waals surface area contributed by atoms with Gasteiger partial charge in [-0.1, -0.05) is 0 Å². The van der Waals surface area contributed by atoms with Crippen LogP contribution in [0.4, 0.5) is 4.79 Å². The number of rotatable bonds is 8. The van der Waals surface area contributed by atoms with Gasteiger partial charge in [0.05, 0.1) is 12.7 Å². The van der Waals surface area contributed by atoms with Gasteiger partial charge in [-0.2, -0.15) is 0 Å². The molecule has 2 amide bonds. The van der Waals surface area contributed by atoms with Gasteiger partial charge in [0.2, 0.25) is 5.91 Å². The molecule has 2 aliphatic rings. The molecule has 0 aromatic carbocycles. The van der Waals surface area contributed by atoms with E-state index in [0.717, 1.165) is 44.4 Å². The Hall–Kier alpha value is -2.35. The molecule has 1 atom stereocenters. The predicted octanol–water partition coefficient (Wildman–Crippen LogP) is 3.82. The first-order valence-electron chi connectivity index (χ1n) is 12.2. The van der Waals surface area contributed by atoms with E-state index in [9.17, 15) is 9.59 Å². The van der Waals surface area contributed by atoms with Gasteiger partial charge < -0.3 is 20.1 Å².